The molecule has 0 aromatic heterocycles. The first-order chi connectivity index (χ1) is 27.1. The Hall–Kier alpha value is -1.76. The van der Waals surface area contributed by atoms with Crippen molar-refractivity contribution in [2.45, 2.75) is 180 Å². The van der Waals surface area contributed by atoms with Crippen LogP contribution in [0.25, 0.3) is 0 Å². The number of carbonyl (C=O) groups is 2. The lowest BCUT2D eigenvalue weighted by molar-refractivity contribution is -0.359. The fourth-order valence-corrected chi connectivity index (χ4v) is 14.3. The van der Waals surface area contributed by atoms with E-state index in [1.165, 1.54) is 6.92 Å². The summed E-state index contributed by atoms with van der Waals surface area (Å²) in [5, 5.41) is 87.0. The van der Waals surface area contributed by atoms with Gasteiger partial charge in [-0.05, 0) is 110 Å². The summed E-state index contributed by atoms with van der Waals surface area (Å²) in [7, 11) is 0. The molecular weight excluding hydrogens is 756 g/mol. The van der Waals surface area contributed by atoms with Gasteiger partial charge in [-0.2, -0.15) is 0 Å². The lowest BCUT2D eigenvalue weighted by atomic mass is 9.41. The first-order valence-electron chi connectivity index (χ1n) is 21.4. The summed E-state index contributed by atoms with van der Waals surface area (Å²) < 4.78 is 29.3. The molecule has 2 saturated heterocycles. The van der Waals surface area contributed by atoms with Crippen molar-refractivity contribution in [1.29, 1.82) is 0 Å². The minimum atomic E-state index is -1.66. The molecule has 15 nitrogen and oxygen atoms in total. The summed E-state index contributed by atoms with van der Waals surface area (Å²) in [5.74, 6) is -1.04. The number of aliphatic hydroxyl groups is 7. The number of aliphatic hydroxyl groups excluding tert-OH is 7. The second kappa shape index (κ2) is 15.5. The smallest absolute Gasteiger partial charge is 0.330 e. The second-order valence-corrected chi connectivity index (χ2v) is 20.3. The third-order valence-corrected chi connectivity index (χ3v) is 17.3. The van der Waals surface area contributed by atoms with Crippen LogP contribution >= 0.6 is 0 Å². The van der Waals surface area contributed by atoms with Gasteiger partial charge in [-0.15, -0.1) is 0 Å². The maximum Gasteiger partial charge on any atom is 0.330 e. The Kier molecular flexibility index (Phi) is 11.9. The number of carboxylic acid groups (broad SMARTS) is 1. The highest BCUT2D eigenvalue weighted by molar-refractivity contribution is 5.85. The van der Waals surface area contributed by atoms with E-state index >= 15 is 0 Å². The molecule has 0 bridgehead atoms. The normalized spacial score (nSPS) is 51.4. The highest BCUT2D eigenvalue weighted by atomic mass is 16.7. The highest BCUT2D eigenvalue weighted by Crippen LogP contribution is 2.89. The van der Waals surface area contributed by atoms with Gasteiger partial charge >= 0.3 is 11.9 Å². The van der Waals surface area contributed by atoms with E-state index in [1.54, 1.807) is 13.0 Å². The van der Waals surface area contributed by atoms with Gasteiger partial charge in [0.05, 0.1) is 24.9 Å². The Bertz CT molecular complexity index is 1590. The minimum Gasteiger partial charge on any atom is -0.478 e. The zero-order chi connectivity index (χ0) is 42.5. The lowest BCUT2D eigenvalue weighted by Crippen LogP contribution is -2.65. The maximum absolute atomic E-state index is 12.4. The van der Waals surface area contributed by atoms with Gasteiger partial charge in [-0.1, -0.05) is 40.7 Å². The van der Waals surface area contributed by atoms with Crippen LogP contribution in [0.5, 0.6) is 0 Å². The average Bonchev–Trinajstić information content (AvgIpc) is 3.74. The Labute approximate surface area is 341 Å². The molecule has 0 aromatic carbocycles. The van der Waals surface area contributed by atoms with E-state index in [1.807, 2.05) is 0 Å². The van der Waals surface area contributed by atoms with Crippen molar-refractivity contribution in [2.24, 2.45) is 50.7 Å². The number of ether oxygens (including phenoxy) is 5. The number of carbonyl (C=O) groups excluding carboxylic acids is 1. The topological polar surface area (TPSA) is 242 Å². The number of rotatable bonds is 11. The number of allylic oxidation sites excluding steroid dienone is 1. The molecule has 7 aliphatic rings. The molecule has 5 aliphatic carbocycles. The zero-order valence-corrected chi connectivity index (χ0v) is 35.0. The van der Waals surface area contributed by atoms with Crippen LogP contribution in [0.2, 0.25) is 0 Å². The van der Waals surface area contributed by atoms with Gasteiger partial charge in [0.15, 0.2) is 12.6 Å². The van der Waals surface area contributed by atoms with Crippen LogP contribution in [0, 0.1) is 50.7 Å². The number of fused-ring (bicyclic) bond motifs is 2. The van der Waals surface area contributed by atoms with E-state index in [0.29, 0.717) is 37.2 Å². The highest BCUT2D eigenvalue weighted by Gasteiger charge is 2.84. The van der Waals surface area contributed by atoms with Crippen LogP contribution in [0.15, 0.2) is 11.6 Å². The predicted molar refractivity (Wildman–Crippen MR) is 204 cm³/mol. The van der Waals surface area contributed by atoms with Gasteiger partial charge in [0.2, 0.25) is 0 Å². The zero-order valence-electron chi connectivity index (χ0n) is 35.0. The Morgan fingerprint density at radius 3 is 2.17 bits per heavy atom. The molecule has 2 spiro atoms. The molecule has 0 amide bonds. The lowest BCUT2D eigenvalue weighted by Gasteiger charge is -2.64. The average molecular weight is 825 g/mol. The summed E-state index contributed by atoms with van der Waals surface area (Å²) >= 11 is 0. The molecule has 330 valence electrons. The van der Waals surface area contributed by atoms with Crippen molar-refractivity contribution in [3.05, 3.63) is 11.6 Å². The molecule has 5 saturated carbocycles. The first kappa shape index (κ1) is 44.3. The molecule has 2 aliphatic heterocycles. The summed E-state index contributed by atoms with van der Waals surface area (Å²) in [5.41, 5.74) is -1.02. The van der Waals surface area contributed by atoms with Crippen molar-refractivity contribution in [3.8, 4) is 0 Å². The standard InChI is InChI=1S/C43H68O15/c1-20(9-8-10-21(2)36(52)53)30-23(45)15-40(6)27-12-11-26-39(4,5)29(13-14-42(26)19-43(27,42)16-28(47)41(30,40)7)57-38-34(51)32(49)35(25(56-38)18-54-22(3)44)58-37-33(50)31(48)24(46)17-55-37/h10,20,23-35,37-38,45-51H,8-9,11-19H2,1-7H3,(H,52,53)/b21-10+/t20-,23+,24-,25+,26+,27-,28+,29-,30+,31+,32+,33+,34+,35+,37+,38-,40+,41-,42-,43+/m1/s1. The van der Waals surface area contributed by atoms with Crippen molar-refractivity contribution in [2.75, 3.05) is 13.2 Å². The molecule has 20 atom stereocenters. The monoisotopic (exact) mass is 824 g/mol. The van der Waals surface area contributed by atoms with Crippen LogP contribution in [0.1, 0.15) is 106 Å². The van der Waals surface area contributed by atoms with Crippen LogP contribution in [-0.2, 0) is 33.3 Å². The molecule has 0 unspecified atom stereocenters. The third-order valence-electron chi connectivity index (χ3n) is 17.3. The molecule has 2 heterocycles. The van der Waals surface area contributed by atoms with Gasteiger partial charge in [0.1, 0.15) is 49.3 Å². The number of esters is 1. The maximum atomic E-state index is 12.4. The van der Waals surface area contributed by atoms with E-state index < -0.39 is 90.3 Å². The van der Waals surface area contributed by atoms with Gasteiger partial charge < -0.3 is 64.5 Å². The third kappa shape index (κ3) is 6.72. The molecule has 8 N–H and O–H groups in total. The first-order valence-corrected chi connectivity index (χ1v) is 21.4. The molecular formula is C43H68O15. The molecule has 0 aromatic rings. The molecule has 0 radical (unpaired) electrons. The van der Waals surface area contributed by atoms with E-state index in [4.69, 9.17) is 23.7 Å². The number of hydrogen-bond donors (Lipinski definition) is 8. The van der Waals surface area contributed by atoms with Crippen molar-refractivity contribution >= 4 is 11.9 Å². The number of hydrogen-bond acceptors (Lipinski definition) is 14. The van der Waals surface area contributed by atoms with E-state index in [-0.39, 0.29) is 53.3 Å². The second-order valence-electron chi connectivity index (χ2n) is 20.3. The van der Waals surface area contributed by atoms with E-state index in [9.17, 15) is 50.4 Å². The van der Waals surface area contributed by atoms with Crippen LogP contribution in [0.4, 0.5) is 0 Å². The Morgan fingerprint density at radius 1 is 0.828 bits per heavy atom. The van der Waals surface area contributed by atoms with Gasteiger partial charge in [0.25, 0.3) is 0 Å². The van der Waals surface area contributed by atoms with E-state index in [0.717, 1.165) is 32.1 Å². The summed E-state index contributed by atoms with van der Waals surface area (Å²) in [6.07, 6.45) is -5.96. The largest absolute Gasteiger partial charge is 0.478 e. The van der Waals surface area contributed by atoms with Crippen molar-refractivity contribution in [1.82, 2.24) is 0 Å². The Morgan fingerprint density at radius 2 is 1.50 bits per heavy atom. The van der Waals surface area contributed by atoms with Gasteiger partial charge in [-0.3, -0.25) is 4.79 Å². The quantitative estimate of drug-likeness (QED) is 0.0845. The fourth-order valence-electron chi connectivity index (χ4n) is 14.3. The molecule has 58 heavy (non-hydrogen) atoms. The fraction of sp³-hybridized carbons (Fsp3) is 0.907. The Balaban J connectivity index is 1.07. The molecule has 7 fully saturated rings. The SMILES string of the molecule is CC(=O)OC[C@@H]1O[C@H](O[C@@H]2CC[C@]34C[C@]35C[C@H](O)[C@]3(C)[C@@H]([C@H](C)CC/C=C(\C)C(=O)O)[C@@H](O)C[C@@]3(C)[C@H]5CC[C@H]4C2(C)C)[C@@H](O)[C@H](O)[C@H]1O[C@@H]1OC[C@@H](O)[C@H](O)[C@@H]1O. The summed E-state index contributed by atoms with van der Waals surface area (Å²) in [6.45, 7) is 13.1. The van der Waals surface area contributed by atoms with Gasteiger partial charge in [0, 0.05) is 17.9 Å². The summed E-state index contributed by atoms with van der Waals surface area (Å²) in [4.78, 5) is 23.2. The minimum absolute atomic E-state index is 0.0280. The van der Waals surface area contributed by atoms with Crippen molar-refractivity contribution < 1.29 is 74.1 Å². The predicted octanol–water partition coefficient (Wildman–Crippen LogP) is 2.03. The molecule has 15 heteroatoms. The number of aliphatic carboxylic acids is 1. The summed E-state index contributed by atoms with van der Waals surface area (Å²) in [6, 6.07) is 0. The van der Waals surface area contributed by atoms with Crippen LogP contribution in [-0.4, -0.2) is 140 Å². The number of carboxylic acids is 1. The van der Waals surface area contributed by atoms with Crippen molar-refractivity contribution in [3.63, 3.8) is 0 Å². The van der Waals surface area contributed by atoms with Crippen LogP contribution < -0.4 is 0 Å². The van der Waals surface area contributed by atoms with Gasteiger partial charge in [-0.25, -0.2) is 4.79 Å². The molecule has 7 rings (SSSR count). The van der Waals surface area contributed by atoms with Crippen LogP contribution in [0.3, 0.4) is 0 Å². The van der Waals surface area contributed by atoms with E-state index in [2.05, 4.69) is 34.6 Å².